The number of para-hydroxylation sites is 1. The van der Waals surface area contributed by atoms with Gasteiger partial charge >= 0.3 is 5.97 Å². The molecule has 8 nitrogen and oxygen atoms in total. The molecule has 1 unspecified atom stereocenters. The number of hydrogen-bond donors (Lipinski definition) is 4. The third-order valence-electron chi connectivity index (χ3n) is 3.93. The fraction of sp³-hybridized carbons (Fsp3) is 0.278. The van der Waals surface area contributed by atoms with E-state index in [-0.39, 0.29) is 18.1 Å². The van der Waals surface area contributed by atoms with Crippen LogP contribution in [0.4, 0.5) is 0 Å². The molecule has 0 radical (unpaired) electrons. The molecular weight excluding hydrogens is 336 g/mol. The molecule has 8 heteroatoms. The SMILES string of the molecule is CC(C)Oc1[nH][nH]c(=O)c1C=C1N=c2ccccc2=C1CC(N)C(=O)O. The number of aliphatic carboxylic acids is 1. The molecule has 2 heterocycles. The third kappa shape index (κ3) is 3.45. The van der Waals surface area contributed by atoms with E-state index in [1.165, 1.54) is 0 Å². The number of nitrogens with zero attached hydrogens (tertiary/aromatic N) is 1. The fourth-order valence-corrected chi connectivity index (χ4v) is 2.75. The third-order valence-corrected chi connectivity index (χ3v) is 3.93. The Labute approximate surface area is 148 Å². The van der Waals surface area contributed by atoms with Crippen molar-refractivity contribution >= 4 is 17.6 Å². The molecule has 1 atom stereocenters. The number of nitrogens with two attached hydrogens (primary N) is 1. The molecule has 0 bridgehead atoms. The Morgan fingerprint density at radius 1 is 1.35 bits per heavy atom. The summed E-state index contributed by atoms with van der Waals surface area (Å²) in [4.78, 5) is 27.9. The second-order valence-electron chi connectivity index (χ2n) is 6.27. The van der Waals surface area contributed by atoms with Crippen molar-refractivity contribution in [3.8, 4) is 5.88 Å². The maximum atomic E-state index is 12.1. The molecule has 0 amide bonds. The largest absolute Gasteiger partial charge is 0.480 e. The number of fused-ring (bicyclic) bond motifs is 1. The van der Waals surface area contributed by atoms with Gasteiger partial charge in [-0.15, -0.1) is 0 Å². The molecular formula is C18H20N4O4. The number of aromatic nitrogens is 2. The predicted octanol–water partition coefficient (Wildman–Crippen LogP) is 0.117. The van der Waals surface area contributed by atoms with Crippen LogP contribution in [0.15, 0.2) is 39.7 Å². The monoisotopic (exact) mass is 356 g/mol. The number of hydrogen-bond acceptors (Lipinski definition) is 5. The molecule has 0 saturated carbocycles. The molecule has 5 N–H and O–H groups in total. The van der Waals surface area contributed by atoms with E-state index in [1.807, 2.05) is 38.1 Å². The number of rotatable bonds is 6. The lowest BCUT2D eigenvalue weighted by Crippen LogP contribution is -2.32. The Kier molecular flexibility index (Phi) is 4.77. The Balaban J connectivity index is 2.12. The van der Waals surface area contributed by atoms with Crippen molar-refractivity contribution in [3.63, 3.8) is 0 Å². The van der Waals surface area contributed by atoms with Crippen molar-refractivity contribution in [2.24, 2.45) is 10.7 Å². The second-order valence-corrected chi connectivity index (χ2v) is 6.27. The quantitative estimate of drug-likeness (QED) is 0.583. The summed E-state index contributed by atoms with van der Waals surface area (Å²) >= 11 is 0. The van der Waals surface area contributed by atoms with E-state index in [1.54, 1.807) is 6.08 Å². The van der Waals surface area contributed by atoms with Gasteiger partial charge < -0.3 is 15.6 Å². The molecule has 0 spiro atoms. The van der Waals surface area contributed by atoms with Gasteiger partial charge in [0.2, 0.25) is 5.88 Å². The van der Waals surface area contributed by atoms with Gasteiger partial charge in [-0.1, -0.05) is 18.2 Å². The number of ether oxygens (including phenoxy) is 1. The lowest BCUT2D eigenvalue weighted by molar-refractivity contribution is -0.138. The molecule has 1 aliphatic rings. The van der Waals surface area contributed by atoms with Crippen LogP contribution in [0.5, 0.6) is 5.88 Å². The summed E-state index contributed by atoms with van der Waals surface area (Å²) in [5.74, 6) is -0.782. The average Bonchev–Trinajstić information content (AvgIpc) is 3.10. The summed E-state index contributed by atoms with van der Waals surface area (Å²) in [7, 11) is 0. The first-order valence-electron chi connectivity index (χ1n) is 8.21. The predicted molar refractivity (Wildman–Crippen MR) is 96.0 cm³/mol. The molecule has 1 aliphatic heterocycles. The van der Waals surface area contributed by atoms with Crippen LogP contribution in [0.3, 0.4) is 0 Å². The van der Waals surface area contributed by atoms with Gasteiger partial charge in [-0.3, -0.25) is 19.8 Å². The van der Waals surface area contributed by atoms with Gasteiger partial charge in [-0.05, 0) is 31.6 Å². The summed E-state index contributed by atoms with van der Waals surface area (Å²) in [6.07, 6.45) is 1.57. The molecule has 1 aromatic carbocycles. The summed E-state index contributed by atoms with van der Waals surface area (Å²) in [6.45, 7) is 3.70. The highest BCUT2D eigenvalue weighted by atomic mass is 16.5. The number of allylic oxidation sites excluding steroid dienone is 1. The molecule has 0 fully saturated rings. The van der Waals surface area contributed by atoms with Crippen LogP contribution in [0.25, 0.3) is 11.6 Å². The number of H-pyrrole nitrogens is 2. The van der Waals surface area contributed by atoms with E-state index >= 15 is 0 Å². The van der Waals surface area contributed by atoms with Crippen LogP contribution in [-0.2, 0) is 4.79 Å². The number of nitrogens with one attached hydrogen (secondary N) is 2. The van der Waals surface area contributed by atoms with Crippen molar-refractivity contribution in [1.29, 1.82) is 0 Å². The maximum Gasteiger partial charge on any atom is 0.320 e. The van der Waals surface area contributed by atoms with Gasteiger partial charge in [-0.2, -0.15) is 0 Å². The highest BCUT2D eigenvalue weighted by molar-refractivity contribution is 5.81. The topological polar surface area (TPSA) is 134 Å². The van der Waals surface area contributed by atoms with Crippen molar-refractivity contribution in [3.05, 3.63) is 56.5 Å². The van der Waals surface area contributed by atoms with E-state index in [4.69, 9.17) is 15.6 Å². The van der Waals surface area contributed by atoms with Gasteiger partial charge in [-0.25, -0.2) is 4.99 Å². The van der Waals surface area contributed by atoms with Gasteiger partial charge in [0.05, 0.1) is 17.2 Å². The molecule has 0 saturated heterocycles. The van der Waals surface area contributed by atoms with Crippen LogP contribution >= 0.6 is 0 Å². The standard InChI is InChI=1S/C18H20N4O4/c1-9(2)26-17-12(16(23)21-22-17)8-15-11(7-13(19)18(24)25)10-5-3-4-6-14(10)20-15/h3-6,8-9,13H,7,19H2,1-2H3,(H,24,25)(H2,21,22,23). The fourth-order valence-electron chi connectivity index (χ4n) is 2.75. The van der Waals surface area contributed by atoms with E-state index in [2.05, 4.69) is 15.2 Å². The number of carbonyl (C=O) groups is 1. The zero-order valence-corrected chi connectivity index (χ0v) is 14.4. The van der Waals surface area contributed by atoms with Crippen molar-refractivity contribution in [2.75, 3.05) is 0 Å². The normalized spacial score (nSPS) is 15.8. The minimum absolute atomic E-state index is 0.102. The summed E-state index contributed by atoms with van der Waals surface area (Å²) in [6, 6.07) is 6.31. The first kappa shape index (κ1) is 17.7. The van der Waals surface area contributed by atoms with Crippen LogP contribution in [-0.4, -0.2) is 33.4 Å². The van der Waals surface area contributed by atoms with Crippen molar-refractivity contribution in [2.45, 2.75) is 32.4 Å². The van der Waals surface area contributed by atoms with Crippen LogP contribution in [0.2, 0.25) is 0 Å². The number of benzene rings is 1. The van der Waals surface area contributed by atoms with Crippen LogP contribution in [0.1, 0.15) is 25.8 Å². The molecule has 26 heavy (non-hydrogen) atoms. The highest BCUT2D eigenvalue weighted by Crippen LogP contribution is 2.24. The van der Waals surface area contributed by atoms with E-state index in [0.717, 1.165) is 5.22 Å². The van der Waals surface area contributed by atoms with E-state index in [9.17, 15) is 9.59 Å². The summed E-state index contributed by atoms with van der Waals surface area (Å²) in [5, 5.41) is 15.9. The molecule has 1 aromatic heterocycles. The first-order chi connectivity index (χ1) is 12.4. The van der Waals surface area contributed by atoms with Gasteiger partial charge in [0.1, 0.15) is 11.6 Å². The van der Waals surface area contributed by atoms with Crippen molar-refractivity contribution in [1.82, 2.24) is 10.2 Å². The van der Waals surface area contributed by atoms with Crippen LogP contribution < -0.4 is 26.6 Å². The smallest absolute Gasteiger partial charge is 0.320 e. The number of carboxylic acid groups (broad SMARTS) is 1. The lowest BCUT2D eigenvalue weighted by Gasteiger charge is -2.10. The van der Waals surface area contributed by atoms with Gasteiger partial charge in [0, 0.05) is 11.6 Å². The Hall–Kier alpha value is -3.13. The van der Waals surface area contributed by atoms with E-state index < -0.39 is 12.0 Å². The summed E-state index contributed by atoms with van der Waals surface area (Å²) in [5.41, 5.74) is 6.87. The minimum atomic E-state index is -1.09. The average molecular weight is 356 g/mol. The molecule has 2 aromatic rings. The molecule has 136 valence electrons. The van der Waals surface area contributed by atoms with Gasteiger partial charge in [0.15, 0.2) is 0 Å². The second kappa shape index (κ2) is 7.01. The zero-order valence-electron chi connectivity index (χ0n) is 14.4. The zero-order chi connectivity index (χ0) is 18.8. The number of carboxylic acids is 1. The molecule has 3 rings (SSSR count). The van der Waals surface area contributed by atoms with E-state index in [0.29, 0.717) is 28.1 Å². The highest BCUT2D eigenvalue weighted by Gasteiger charge is 2.21. The lowest BCUT2D eigenvalue weighted by atomic mass is 10.0. The summed E-state index contributed by atoms with van der Waals surface area (Å²) < 4.78 is 5.61. The first-order valence-corrected chi connectivity index (χ1v) is 8.21. The Morgan fingerprint density at radius 2 is 2.08 bits per heavy atom. The minimum Gasteiger partial charge on any atom is -0.480 e. The van der Waals surface area contributed by atoms with Gasteiger partial charge in [0.25, 0.3) is 5.56 Å². The maximum absolute atomic E-state index is 12.1. The Bertz CT molecular complexity index is 1050. The Morgan fingerprint density at radius 3 is 2.77 bits per heavy atom. The number of aromatic amines is 2. The molecule has 0 aliphatic carbocycles. The van der Waals surface area contributed by atoms with Crippen molar-refractivity contribution < 1.29 is 14.6 Å². The van der Waals surface area contributed by atoms with Crippen LogP contribution in [0, 0.1) is 0 Å².